The van der Waals surface area contributed by atoms with Crippen LogP contribution in [0.1, 0.15) is 55.7 Å². The molecule has 4 heterocycles. The van der Waals surface area contributed by atoms with E-state index in [4.69, 9.17) is 4.98 Å². The molecule has 0 saturated carbocycles. The van der Waals surface area contributed by atoms with E-state index in [2.05, 4.69) is 15.5 Å². The number of nitrogens with zero attached hydrogens (tertiary/aromatic N) is 5. The number of carbonyl (C=O) groups excluding carboxylic acids is 1. The summed E-state index contributed by atoms with van der Waals surface area (Å²) in [7, 11) is 0. The second-order valence-electron chi connectivity index (χ2n) is 8.73. The van der Waals surface area contributed by atoms with Crippen LogP contribution in [-0.4, -0.2) is 30.3 Å². The summed E-state index contributed by atoms with van der Waals surface area (Å²) in [6.45, 7) is 8.08. The van der Waals surface area contributed by atoms with Crippen LogP contribution in [0, 0.1) is 0 Å². The van der Waals surface area contributed by atoms with Gasteiger partial charge in [0.15, 0.2) is 5.65 Å². The van der Waals surface area contributed by atoms with E-state index in [0.717, 1.165) is 21.5 Å². The van der Waals surface area contributed by atoms with E-state index >= 15 is 0 Å². The molecule has 0 fully saturated rings. The predicted octanol–water partition coefficient (Wildman–Crippen LogP) is 4.96. The lowest BCUT2D eigenvalue weighted by atomic mass is 10.1. The number of hydrogen-bond donors (Lipinski definition) is 1. The number of rotatable bonds is 5. The van der Waals surface area contributed by atoms with Crippen molar-refractivity contribution < 1.29 is 4.79 Å². The van der Waals surface area contributed by atoms with E-state index in [1.54, 1.807) is 16.9 Å². The standard InChI is InChI=1S/C25H24N6O2S/c1-14(2)20-10-17(18-11-27-31(15(3)4)22(18)28-20)23(32)29-30-13-26-24-21(25(30)33)19(12-34-24)16-8-6-5-7-9-16/h5-15H,1-4H3,(H,29,32). The molecule has 0 spiro atoms. The highest BCUT2D eigenvalue weighted by molar-refractivity contribution is 7.17. The van der Waals surface area contributed by atoms with Gasteiger partial charge in [0.1, 0.15) is 11.2 Å². The Morgan fingerprint density at radius 2 is 1.88 bits per heavy atom. The lowest BCUT2D eigenvalue weighted by molar-refractivity contribution is 0.101. The van der Waals surface area contributed by atoms with Crippen LogP contribution in [0.4, 0.5) is 0 Å². The second-order valence-corrected chi connectivity index (χ2v) is 9.58. The van der Waals surface area contributed by atoms with E-state index < -0.39 is 5.91 Å². The van der Waals surface area contributed by atoms with Crippen molar-refractivity contribution in [1.29, 1.82) is 0 Å². The molecule has 4 aromatic heterocycles. The molecule has 1 amide bonds. The van der Waals surface area contributed by atoms with Crippen LogP contribution < -0.4 is 11.0 Å². The van der Waals surface area contributed by atoms with Gasteiger partial charge in [-0.25, -0.2) is 19.3 Å². The third-order valence-electron chi connectivity index (χ3n) is 5.71. The number of nitrogens with one attached hydrogen (secondary N) is 1. The molecule has 5 aromatic rings. The molecule has 0 bridgehead atoms. The number of amides is 1. The van der Waals surface area contributed by atoms with Crippen molar-refractivity contribution in [3.05, 3.63) is 75.9 Å². The Labute approximate surface area is 199 Å². The summed E-state index contributed by atoms with van der Waals surface area (Å²) in [6, 6.07) is 11.5. The van der Waals surface area contributed by atoms with Gasteiger partial charge in [-0.15, -0.1) is 11.3 Å². The third-order valence-corrected chi connectivity index (χ3v) is 6.60. The van der Waals surface area contributed by atoms with Gasteiger partial charge in [0.2, 0.25) is 0 Å². The van der Waals surface area contributed by atoms with Crippen molar-refractivity contribution in [3.8, 4) is 11.1 Å². The lowest BCUT2D eigenvalue weighted by Gasteiger charge is -2.13. The van der Waals surface area contributed by atoms with Crippen LogP contribution >= 0.6 is 11.3 Å². The average molecular weight is 473 g/mol. The van der Waals surface area contributed by atoms with Gasteiger partial charge in [-0.3, -0.25) is 15.0 Å². The van der Waals surface area contributed by atoms with Crippen LogP contribution in [0.2, 0.25) is 0 Å². The number of benzene rings is 1. The van der Waals surface area contributed by atoms with Gasteiger partial charge >= 0.3 is 0 Å². The predicted molar refractivity (Wildman–Crippen MR) is 135 cm³/mol. The maximum Gasteiger partial charge on any atom is 0.281 e. The maximum absolute atomic E-state index is 13.4. The monoisotopic (exact) mass is 472 g/mol. The minimum Gasteiger partial charge on any atom is -0.267 e. The first-order valence-corrected chi connectivity index (χ1v) is 12.0. The molecule has 0 unspecified atom stereocenters. The molecule has 0 saturated heterocycles. The van der Waals surface area contributed by atoms with Crippen LogP contribution in [0.15, 0.2) is 59.1 Å². The fraction of sp³-hybridized carbons (Fsp3) is 0.240. The highest BCUT2D eigenvalue weighted by Crippen LogP contribution is 2.30. The molecule has 1 aromatic carbocycles. The molecule has 172 valence electrons. The van der Waals surface area contributed by atoms with Gasteiger partial charge in [-0.1, -0.05) is 44.2 Å². The van der Waals surface area contributed by atoms with Crippen molar-refractivity contribution >= 4 is 38.5 Å². The summed E-state index contributed by atoms with van der Waals surface area (Å²) >= 11 is 1.40. The van der Waals surface area contributed by atoms with Crippen molar-refractivity contribution in [1.82, 2.24) is 24.4 Å². The van der Waals surface area contributed by atoms with Crippen LogP contribution in [0.5, 0.6) is 0 Å². The first-order valence-electron chi connectivity index (χ1n) is 11.1. The number of pyridine rings is 1. The van der Waals surface area contributed by atoms with Gasteiger partial charge in [0, 0.05) is 22.7 Å². The van der Waals surface area contributed by atoms with Crippen LogP contribution in [-0.2, 0) is 0 Å². The first kappa shape index (κ1) is 22.0. The molecule has 1 N–H and O–H groups in total. The van der Waals surface area contributed by atoms with Crippen molar-refractivity contribution in [2.24, 2.45) is 0 Å². The molecule has 8 nitrogen and oxygen atoms in total. The molecular weight excluding hydrogens is 448 g/mol. The number of fused-ring (bicyclic) bond motifs is 2. The quantitative estimate of drug-likeness (QED) is 0.390. The summed E-state index contributed by atoms with van der Waals surface area (Å²) in [4.78, 5) is 36.5. The fourth-order valence-electron chi connectivity index (χ4n) is 3.91. The molecule has 0 aliphatic rings. The maximum atomic E-state index is 13.4. The minimum absolute atomic E-state index is 0.0903. The van der Waals surface area contributed by atoms with E-state index in [9.17, 15) is 9.59 Å². The SMILES string of the molecule is CC(C)c1cc(C(=O)Nn2cnc3scc(-c4ccccc4)c3c2=O)c2cnn(C(C)C)c2n1. The minimum atomic E-state index is -0.419. The number of thiophene rings is 1. The zero-order chi connectivity index (χ0) is 24.0. The van der Waals surface area contributed by atoms with Gasteiger partial charge in [-0.05, 0) is 31.4 Å². The van der Waals surface area contributed by atoms with Gasteiger partial charge in [0.25, 0.3) is 11.5 Å². The molecule has 0 radical (unpaired) electrons. The van der Waals surface area contributed by atoms with Gasteiger partial charge in [0.05, 0.1) is 22.5 Å². The molecule has 5 rings (SSSR count). The third kappa shape index (κ3) is 3.67. The Hall–Kier alpha value is -3.85. The Balaban J connectivity index is 1.59. The number of hydrogen-bond acceptors (Lipinski definition) is 6. The summed E-state index contributed by atoms with van der Waals surface area (Å²) in [6.07, 6.45) is 3.01. The number of carbonyl (C=O) groups is 1. The first-order chi connectivity index (χ1) is 16.3. The van der Waals surface area contributed by atoms with Gasteiger partial charge < -0.3 is 0 Å². The summed E-state index contributed by atoms with van der Waals surface area (Å²) < 4.78 is 2.95. The van der Waals surface area contributed by atoms with Crippen LogP contribution in [0.3, 0.4) is 0 Å². The lowest BCUT2D eigenvalue weighted by Crippen LogP contribution is -2.33. The Morgan fingerprint density at radius 3 is 2.59 bits per heavy atom. The Bertz CT molecular complexity index is 1580. The largest absolute Gasteiger partial charge is 0.281 e. The van der Waals surface area contributed by atoms with Gasteiger partial charge in [-0.2, -0.15) is 5.10 Å². The molecule has 0 aliphatic carbocycles. The Kier molecular flexibility index (Phi) is 5.49. The molecular formula is C25H24N6O2S. The highest BCUT2D eigenvalue weighted by Gasteiger charge is 2.20. The van der Waals surface area contributed by atoms with E-state index in [-0.39, 0.29) is 17.5 Å². The number of aromatic nitrogens is 5. The topological polar surface area (TPSA) is 94.7 Å². The van der Waals surface area contributed by atoms with Crippen molar-refractivity contribution in [2.75, 3.05) is 5.43 Å². The Morgan fingerprint density at radius 1 is 1.12 bits per heavy atom. The fourth-order valence-corrected chi connectivity index (χ4v) is 4.82. The zero-order valence-electron chi connectivity index (χ0n) is 19.3. The van der Waals surface area contributed by atoms with E-state index in [1.165, 1.54) is 17.7 Å². The summed E-state index contributed by atoms with van der Waals surface area (Å²) in [5.74, 6) is -0.302. The van der Waals surface area contributed by atoms with E-state index in [1.807, 2.05) is 63.4 Å². The average Bonchev–Trinajstić information content (AvgIpc) is 3.45. The van der Waals surface area contributed by atoms with Crippen molar-refractivity contribution in [2.45, 2.75) is 39.7 Å². The zero-order valence-corrected chi connectivity index (χ0v) is 20.1. The molecule has 0 atom stereocenters. The molecule has 9 heteroatoms. The second kappa shape index (κ2) is 8.49. The summed E-state index contributed by atoms with van der Waals surface area (Å²) in [5.41, 5.74) is 5.97. The van der Waals surface area contributed by atoms with Crippen LogP contribution in [0.25, 0.3) is 32.4 Å². The molecule has 34 heavy (non-hydrogen) atoms. The normalized spacial score (nSPS) is 11.7. The van der Waals surface area contributed by atoms with Crippen molar-refractivity contribution in [3.63, 3.8) is 0 Å². The molecule has 0 aliphatic heterocycles. The van der Waals surface area contributed by atoms with E-state index in [0.29, 0.717) is 26.8 Å². The summed E-state index contributed by atoms with van der Waals surface area (Å²) in [5, 5.41) is 7.47. The highest BCUT2D eigenvalue weighted by atomic mass is 32.1. The smallest absolute Gasteiger partial charge is 0.267 e.